The standard InChI is InChI=1S/C13H17ClF2N2/c1-8(2)12-7-18(4-3-17-12)13-10(14)5-9(15)6-11(13)16/h5-6,8,12,17H,3-4,7H2,1-2H3. The van der Waals surface area contributed by atoms with E-state index in [2.05, 4.69) is 19.2 Å². The number of piperazine rings is 1. The van der Waals surface area contributed by atoms with Crippen LogP contribution in [0.5, 0.6) is 0 Å². The molecule has 1 aliphatic rings. The van der Waals surface area contributed by atoms with Gasteiger partial charge in [-0.15, -0.1) is 0 Å². The number of benzene rings is 1. The largest absolute Gasteiger partial charge is 0.365 e. The monoisotopic (exact) mass is 274 g/mol. The molecule has 0 amide bonds. The van der Waals surface area contributed by atoms with Gasteiger partial charge in [-0.05, 0) is 12.0 Å². The van der Waals surface area contributed by atoms with Gasteiger partial charge in [0.1, 0.15) is 5.82 Å². The summed E-state index contributed by atoms with van der Waals surface area (Å²) in [5.74, 6) is -0.781. The van der Waals surface area contributed by atoms with Crippen molar-refractivity contribution >= 4 is 17.3 Å². The number of hydrogen-bond donors (Lipinski definition) is 1. The molecule has 0 bridgehead atoms. The summed E-state index contributed by atoms with van der Waals surface area (Å²) in [4.78, 5) is 1.89. The van der Waals surface area contributed by atoms with Crippen LogP contribution in [-0.4, -0.2) is 25.7 Å². The molecular weight excluding hydrogens is 258 g/mol. The first-order valence-electron chi connectivity index (χ1n) is 6.12. The first-order chi connectivity index (χ1) is 8.49. The SMILES string of the molecule is CC(C)C1CN(c2c(F)cc(F)cc2Cl)CCN1. The van der Waals surface area contributed by atoms with Gasteiger partial charge in [-0.2, -0.15) is 0 Å². The maximum Gasteiger partial charge on any atom is 0.150 e. The molecule has 0 aliphatic carbocycles. The maximum atomic E-state index is 13.8. The highest BCUT2D eigenvalue weighted by Crippen LogP contribution is 2.31. The van der Waals surface area contributed by atoms with E-state index in [1.54, 1.807) is 0 Å². The topological polar surface area (TPSA) is 15.3 Å². The normalized spacial score (nSPS) is 20.6. The molecule has 0 radical (unpaired) electrons. The minimum absolute atomic E-state index is 0.136. The van der Waals surface area contributed by atoms with E-state index in [9.17, 15) is 8.78 Å². The van der Waals surface area contributed by atoms with Crippen molar-refractivity contribution in [2.24, 2.45) is 5.92 Å². The van der Waals surface area contributed by atoms with Crippen LogP contribution < -0.4 is 10.2 Å². The zero-order chi connectivity index (χ0) is 13.3. The lowest BCUT2D eigenvalue weighted by molar-refractivity contribution is 0.366. The number of rotatable bonds is 2. The zero-order valence-electron chi connectivity index (χ0n) is 10.5. The van der Waals surface area contributed by atoms with Gasteiger partial charge in [0.05, 0.1) is 10.7 Å². The molecule has 0 spiro atoms. The summed E-state index contributed by atoms with van der Waals surface area (Å²) in [6, 6.07) is 2.33. The third-order valence-electron chi connectivity index (χ3n) is 3.31. The lowest BCUT2D eigenvalue weighted by Crippen LogP contribution is -2.53. The molecule has 0 aromatic heterocycles. The van der Waals surface area contributed by atoms with Gasteiger partial charge in [-0.3, -0.25) is 0 Å². The molecule has 1 atom stereocenters. The van der Waals surface area contributed by atoms with Crippen LogP contribution in [0.1, 0.15) is 13.8 Å². The van der Waals surface area contributed by atoms with Crippen molar-refractivity contribution in [1.29, 1.82) is 0 Å². The molecule has 1 heterocycles. The van der Waals surface area contributed by atoms with E-state index in [4.69, 9.17) is 11.6 Å². The Hall–Kier alpha value is -0.870. The highest BCUT2D eigenvalue weighted by atomic mass is 35.5. The molecule has 2 rings (SSSR count). The fourth-order valence-corrected chi connectivity index (χ4v) is 2.58. The highest BCUT2D eigenvalue weighted by molar-refractivity contribution is 6.33. The van der Waals surface area contributed by atoms with E-state index in [-0.39, 0.29) is 5.02 Å². The molecule has 1 aliphatic heterocycles. The van der Waals surface area contributed by atoms with Crippen LogP contribution in [0.2, 0.25) is 5.02 Å². The van der Waals surface area contributed by atoms with Crippen LogP contribution in [0.3, 0.4) is 0 Å². The van der Waals surface area contributed by atoms with Gasteiger partial charge in [0.2, 0.25) is 0 Å². The molecule has 100 valence electrons. The second-order valence-electron chi connectivity index (χ2n) is 4.97. The van der Waals surface area contributed by atoms with Crippen molar-refractivity contribution in [2.75, 3.05) is 24.5 Å². The first-order valence-corrected chi connectivity index (χ1v) is 6.49. The number of halogens is 3. The Morgan fingerprint density at radius 2 is 2.11 bits per heavy atom. The van der Waals surface area contributed by atoms with E-state index in [1.165, 1.54) is 0 Å². The van der Waals surface area contributed by atoms with E-state index in [1.807, 2.05) is 4.90 Å². The Morgan fingerprint density at radius 3 is 2.72 bits per heavy atom. The second kappa shape index (κ2) is 5.41. The van der Waals surface area contributed by atoms with Gasteiger partial charge in [-0.1, -0.05) is 25.4 Å². The minimum atomic E-state index is -0.642. The van der Waals surface area contributed by atoms with Crippen LogP contribution in [0.4, 0.5) is 14.5 Å². The lowest BCUT2D eigenvalue weighted by Gasteiger charge is -2.37. The molecule has 2 nitrogen and oxygen atoms in total. The Morgan fingerprint density at radius 1 is 1.39 bits per heavy atom. The summed E-state index contributed by atoms with van der Waals surface area (Å²) >= 11 is 5.95. The first kappa shape index (κ1) is 13.6. The molecule has 1 saturated heterocycles. The third-order valence-corrected chi connectivity index (χ3v) is 3.60. The van der Waals surface area contributed by atoms with E-state index in [0.29, 0.717) is 30.7 Å². The fraction of sp³-hybridized carbons (Fsp3) is 0.538. The quantitative estimate of drug-likeness (QED) is 0.892. The van der Waals surface area contributed by atoms with Crippen molar-refractivity contribution in [2.45, 2.75) is 19.9 Å². The number of nitrogens with zero attached hydrogens (tertiary/aromatic N) is 1. The Labute approximate surface area is 111 Å². The van der Waals surface area contributed by atoms with Gasteiger partial charge < -0.3 is 10.2 Å². The van der Waals surface area contributed by atoms with Crippen molar-refractivity contribution in [1.82, 2.24) is 5.32 Å². The molecule has 1 aromatic carbocycles. The van der Waals surface area contributed by atoms with E-state index >= 15 is 0 Å². The molecular formula is C13H17ClF2N2. The van der Waals surface area contributed by atoms with Gasteiger partial charge in [0.15, 0.2) is 5.82 Å². The molecule has 5 heteroatoms. The summed E-state index contributed by atoms with van der Waals surface area (Å²) in [6.07, 6.45) is 0. The van der Waals surface area contributed by atoms with Crippen LogP contribution in [0.25, 0.3) is 0 Å². The summed E-state index contributed by atoms with van der Waals surface area (Å²) < 4.78 is 26.9. The third kappa shape index (κ3) is 2.75. The Balaban J connectivity index is 2.26. The zero-order valence-corrected chi connectivity index (χ0v) is 11.3. The van der Waals surface area contributed by atoms with E-state index in [0.717, 1.165) is 18.7 Å². The predicted octanol–water partition coefficient (Wildman–Crippen LogP) is 3.05. The average Bonchev–Trinajstić information content (AvgIpc) is 2.28. The molecule has 1 fully saturated rings. The Bertz CT molecular complexity index is 414. The van der Waals surface area contributed by atoms with Crippen LogP contribution in [0.15, 0.2) is 12.1 Å². The van der Waals surface area contributed by atoms with Crippen LogP contribution in [-0.2, 0) is 0 Å². The van der Waals surface area contributed by atoms with Gasteiger partial charge in [0.25, 0.3) is 0 Å². The highest BCUT2D eigenvalue weighted by Gasteiger charge is 2.25. The Kier molecular flexibility index (Phi) is 4.07. The number of nitrogens with one attached hydrogen (secondary N) is 1. The molecule has 1 unspecified atom stereocenters. The van der Waals surface area contributed by atoms with Gasteiger partial charge in [0, 0.05) is 31.7 Å². The molecule has 18 heavy (non-hydrogen) atoms. The summed E-state index contributed by atoms with van der Waals surface area (Å²) in [5, 5.41) is 3.52. The van der Waals surface area contributed by atoms with Crippen molar-refractivity contribution in [3.63, 3.8) is 0 Å². The van der Waals surface area contributed by atoms with Gasteiger partial charge >= 0.3 is 0 Å². The van der Waals surface area contributed by atoms with Crippen molar-refractivity contribution in [3.05, 3.63) is 28.8 Å². The average molecular weight is 275 g/mol. The van der Waals surface area contributed by atoms with Crippen LogP contribution in [0, 0.1) is 17.6 Å². The molecule has 0 saturated carbocycles. The summed E-state index contributed by atoms with van der Waals surface area (Å²) in [6.45, 7) is 6.36. The predicted molar refractivity (Wildman–Crippen MR) is 70.2 cm³/mol. The van der Waals surface area contributed by atoms with E-state index < -0.39 is 11.6 Å². The second-order valence-corrected chi connectivity index (χ2v) is 5.38. The fourth-order valence-electron chi connectivity index (χ4n) is 2.26. The van der Waals surface area contributed by atoms with Crippen LogP contribution >= 0.6 is 11.6 Å². The van der Waals surface area contributed by atoms with Crippen molar-refractivity contribution in [3.8, 4) is 0 Å². The minimum Gasteiger partial charge on any atom is -0.365 e. The lowest BCUT2D eigenvalue weighted by atomic mass is 10.0. The smallest absolute Gasteiger partial charge is 0.150 e. The summed E-state index contributed by atoms with van der Waals surface area (Å²) in [5.41, 5.74) is 0.310. The number of hydrogen-bond acceptors (Lipinski definition) is 2. The maximum absolute atomic E-state index is 13.8. The van der Waals surface area contributed by atoms with Gasteiger partial charge in [-0.25, -0.2) is 8.78 Å². The summed E-state index contributed by atoms with van der Waals surface area (Å²) in [7, 11) is 0. The number of anilines is 1. The molecule has 1 N–H and O–H groups in total. The molecule has 1 aromatic rings. The van der Waals surface area contributed by atoms with Crippen molar-refractivity contribution < 1.29 is 8.78 Å².